The van der Waals surface area contributed by atoms with Crippen LogP contribution < -0.4 is 9.62 Å². The number of benzene rings is 2. The molecule has 0 unspecified atom stereocenters. The minimum atomic E-state index is -0.147. The smallest absolute Gasteiger partial charge is 0.253 e. The van der Waals surface area contributed by atoms with Gasteiger partial charge >= 0.3 is 0 Å². The molecule has 180 valence electrons. The summed E-state index contributed by atoms with van der Waals surface area (Å²) in [7, 11) is 0. The maximum atomic E-state index is 12.9. The largest absolute Gasteiger partial charge is 0.493 e. The first-order chi connectivity index (χ1) is 16.4. The van der Waals surface area contributed by atoms with Gasteiger partial charge in [-0.15, -0.1) is 0 Å². The number of fused-ring (bicyclic) bond motifs is 1. The molecule has 1 fully saturated rings. The molecular weight excluding hydrogens is 476 g/mol. The lowest BCUT2D eigenvalue weighted by Gasteiger charge is -2.34. The van der Waals surface area contributed by atoms with E-state index in [0.29, 0.717) is 67.7 Å². The van der Waals surface area contributed by atoms with E-state index in [1.807, 2.05) is 31.2 Å². The normalized spacial score (nSPS) is 15.4. The summed E-state index contributed by atoms with van der Waals surface area (Å²) in [5.41, 5.74) is 2.03. The number of rotatable bonds is 6. The molecule has 0 radical (unpaired) electrons. The lowest BCUT2D eigenvalue weighted by Crippen LogP contribution is -2.50. The van der Waals surface area contributed by atoms with Crippen molar-refractivity contribution in [2.45, 2.75) is 30.1 Å². The van der Waals surface area contributed by atoms with Crippen molar-refractivity contribution in [1.29, 1.82) is 0 Å². The van der Waals surface area contributed by atoms with Gasteiger partial charge in [-0.3, -0.25) is 9.59 Å². The molecule has 2 aliphatic rings. The Bertz CT molecular complexity index is 1110. The van der Waals surface area contributed by atoms with Gasteiger partial charge in [0.05, 0.1) is 23.1 Å². The fourth-order valence-electron chi connectivity index (χ4n) is 3.96. The van der Waals surface area contributed by atoms with E-state index < -0.39 is 0 Å². The molecule has 34 heavy (non-hydrogen) atoms. The lowest BCUT2D eigenvalue weighted by atomic mass is 10.1. The van der Waals surface area contributed by atoms with Gasteiger partial charge in [0.15, 0.2) is 5.75 Å². The first kappa shape index (κ1) is 24.4. The van der Waals surface area contributed by atoms with Crippen molar-refractivity contribution in [3.63, 3.8) is 0 Å². The molecule has 2 heterocycles. The van der Waals surface area contributed by atoms with Crippen LogP contribution in [0, 0.1) is 0 Å². The molecular formula is C25H27ClN2O5S. The standard InChI is InChI=1S/C25H27ClN2O5S/c1-4-31-21-6-8-23(24-19(21)9-14-32-33-24)34-22-7-5-18(15-20(22)26)16(2)25(30)28-12-10-27(11-13-28)17(3)29/h5-8,15H,2,4,9-14H2,1,3H3. The second-order valence-electron chi connectivity index (χ2n) is 7.98. The quantitative estimate of drug-likeness (QED) is 0.429. The van der Waals surface area contributed by atoms with Gasteiger partial charge in [0.2, 0.25) is 5.91 Å². The van der Waals surface area contributed by atoms with Crippen LogP contribution in [-0.4, -0.2) is 61.0 Å². The summed E-state index contributed by atoms with van der Waals surface area (Å²) < 4.78 is 5.73. The Morgan fingerprint density at radius 1 is 1.12 bits per heavy atom. The number of carbonyl (C=O) groups is 2. The summed E-state index contributed by atoms with van der Waals surface area (Å²) in [4.78, 5) is 40.3. The molecule has 2 aromatic rings. The first-order valence-corrected chi connectivity index (χ1v) is 12.4. The Kier molecular flexibility index (Phi) is 7.70. The number of nitrogens with zero attached hydrogens (tertiary/aromatic N) is 2. The average molecular weight is 503 g/mol. The van der Waals surface area contributed by atoms with Gasteiger partial charge in [-0.2, -0.15) is 4.89 Å². The van der Waals surface area contributed by atoms with Gasteiger partial charge in [0, 0.05) is 55.6 Å². The number of piperazine rings is 1. The van der Waals surface area contributed by atoms with E-state index in [2.05, 4.69) is 6.58 Å². The van der Waals surface area contributed by atoms with E-state index in [9.17, 15) is 9.59 Å². The Hall–Kier alpha value is -2.68. The van der Waals surface area contributed by atoms with Crippen LogP contribution in [0.1, 0.15) is 25.0 Å². The number of ether oxygens (including phenoxy) is 1. The maximum absolute atomic E-state index is 12.9. The Morgan fingerprint density at radius 2 is 1.82 bits per heavy atom. The van der Waals surface area contributed by atoms with Crippen molar-refractivity contribution < 1.29 is 24.1 Å². The predicted molar refractivity (Wildman–Crippen MR) is 131 cm³/mol. The Balaban J connectivity index is 1.48. The summed E-state index contributed by atoms with van der Waals surface area (Å²) in [6.07, 6.45) is 0.703. The number of amides is 2. The second kappa shape index (κ2) is 10.7. The molecule has 0 aliphatic carbocycles. The van der Waals surface area contributed by atoms with Crippen LogP contribution in [0.2, 0.25) is 5.02 Å². The molecule has 2 aromatic carbocycles. The summed E-state index contributed by atoms with van der Waals surface area (Å²) in [6.45, 7) is 10.6. The van der Waals surface area contributed by atoms with E-state index in [0.717, 1.165) is 21.1 Å². The van der Waals surface area contributed by atoms with Gasteiger partial charge < -0.3 is 19.4 Å². The molecule has 9 heteroatoms. The minimum Gasteiger partial charge on any atom is -0.493 e. The fraction of sp³-hybridized carbons (Fsp3) is 0.360. The topological polar surface area (TPSA) is 68.3 Å². The SMILES string of the molecule is C=C(C(=O)N1CCN(C(C)=O)CC1)c1ccc(Sc2ccc(OCC)c3c2OOCC3)c(Cl)c1. The van der Waals surface area contributed by atoms with Crippen LogP contribution in [-0.2, 0) is 20.9 Å². The molecule has 0 aromatic heterocycles. The van der Waals surface area contributed by atoms with Gasteiger partial charge in [-0.05, 0) is 36.8 Å². The molecule has 0 N–H and O–H groups in total. The molecule has 2 amide bonds. The minimum absolute atomic E-state index is 0.0246. The van der Waals surface area contributed by atoms with E-state index in [-0.39, 0.29) is 11.8 Å². The van der Waals surface area contributed by atoms with E-state index in [1.54, 1.807) is 22.8 Å². The Morgan fingerprint density at radius 3 is 2.50 bits per heavy atom. The zero-order chi connectivity index (χ0) is 24.2. The molecule has 0 spiro atoms. The van der Waals surface area contributed by atoms with E-state index >= 15 is 0 Å². The second-order valence-corrected chi connectivity index (χ2v) is 9.47. The monoisotopic (exact) mass is 502 g/mol. The van der Waals surface area contributed by atoms with Crippen LogP contribution in [0.25, 0.3) is 5.57 Å². The molecule has 1 saturated heterocycles. The third-order valence-corrected chi connectivity index (χ3v) is 7.37. The number of halogens is 1. The third-order valence-electron chi connectivity index (χ3n) is 5.83. The number of hydrogen-bond donors (Lipinski definition) is 0. The van der Waals surface area contributed by atoms with Crippen molar-refractivity contribution in [3.8, 4) is 11.5 Å². The molecule has 4 rings (SSSR count). The van der Waals surface area contributed by atoms with Crippen molar-refractivity contribution >= 4 is 40.8 Å². The molecule has 2 aliphatic heterocycles. The molecule has 0 saturated carbocycles. The number of carbonyl (C=O) groups excluding carboxylic acids is 2. The zero-order valence-corrected chi connectivity index (χ0v) is 20.8. The van der Waals surface area contributed by atoms with Gasteiger partial charge in [0.25, 0.3) is 5.91 Å². The first-order valence-electron chi connectivity index (χ1n) is 11.2. The molecule has 0 atom stereocenters. The van der Waals surface area contributed by atoms with E-state index in [4.69, 9.17) is 26.1 Å². The zero-order valence-electron chi connectivity index (χ0n) is 19.3. The Labute approximate surface area is 208 Å². The molecule has 7 nitrogen and oxygen atoms in total. The van der Waals surface area contributed by atoms with Gasteiger partial charge in [-0.25, -0.2) is 0 Å². The number of hydrogen-bond acceptors (Lipinski definition) is 6. The van der Waals surface area contributed by atoms with E-state index in [1.165, 1.54) is 11.8 Å². The average Bonchev–Trinajstić information content (AvgIpc) is 2.85. The summed E-state index contributed by atoms with van der Waals surface area (Å²) in [6, 6.07) is 9.35. The van der Waals surface area contributed by atoms with Crippen molar-refractivity contribution in [3.05, 3.63) is 53.1 Å². The highest BCUT2D eigenvalue weighted by Gasteiger charge is 2.25. The van der Waals surface area contributed by atoms with Gasteiger partial charge in [0.1, 0.15) is 5.75 Å². The van der Waals surface area contributed by atoms with Crippen LogP contribution >= 0.6 is 23.4 Å². The lowest BCUT2D eigenvalue weighted by molar-refractivity contribution is -0.217. The summed E-state index contributed by atoms with van der Waals surface area (Å²) >= 11 is 8.06. The maximum Gasteiger partial charge on any atom is 0.253 e. The highest BCUT2D eigenvalue weighted by Crippen LogP contribution is 2.44. The highest BCUT2D eigenvalue weighted by atomic mass is 35.5. The molecule has 0 bridgehead atoms. The van der Waals surface area contributed by atoms with Crippen LogP contribution in [0.5, 0.6) is 11.5 Å². The van der Waals surface area contributed by atoms with Crippen molar-refractivity contribution in [2.24, 2.45) is 0 Å². The fourth-order valence-corrected chi connectivity index (χ4v) is 5.17. The van der Waals surface area contributed by atoms with Crippen molar-refractivity contribution in [1.82, 2.24) is 9.80 Å². The van der Waals surface area contributed by atoms with Gasteiger partial charge in [-0.1, -0.05) is 36.0 Å². The van der Waals surface area contributed by atoms with Crippen LogP contribution in [0.3, 0.4) is 0 Å². The summed E-state index contributed by atoms with van der Waals surface area (Å²) in [5.74, 6) is 1.32. The highest BCUT2D eigenvalue weighted by molar-refractivity contribution is 7.99. The predicted octanol–water partition coefficient (Wildman–Crippen LogP) is 4.46. The van der Waals surface area contributed by atoms with Crippen LogP contribution in [0.4, 0.5) is 0 Å². The van der Waals surface area contributed by atoms with Crippen LogP contribution in [0.15, 0.2) is 46.7 Å². The van der Waals surface area contributed by atoms with Crippen molar-refractivity contribution in [2.75, 3.05) is 39.4 Å². The third kappa shape index (κ3) is 5.19. The summed E-state index contributed by atoms with van der Waals surface area (Å²) in [5, 5.41) is 0.511.